The van der Waals surface area contributed by atoms with E-state index in [1.54, 1.807) is 30.3 Å². The van der Waals surface area contributed by atoms with Crippen molar-refractivity contribution in [1.29, 1.82) is 0 Å². The summed E-state index contributed by atoms with van der Waals surface area (Å²) >= 11 is 7.30. The smallest absolute Gasteiger partial charge is 0.188 e. The lowest BCUT2D eigenvalue weighted by Crippen LogP contribution is -2.21. The third-order valence-electron chi connectivity index (χ3n) is 2.04. The van der Waals surface area contributed by atoms with E-state index in [1.807, 2.05) is 20.1 Å². The van der Waals surface area contributed by atoms with Crippen molar-refractivity contribution in [3.63, 3.8) is 0 Å². The van der Waals surface area contributed by atoms with Gasteiger partial charge in [-0.1, -0.05) is 11.6 Å². The fourth-order valence-electron chi connectivity index (χ4n) is 1.26. The van der Waals surface area contributed by atoms with Crippen molar-refractivity contribution in [3.05, 3.63) is 46.0 Å². The largest absolute Gasteiger partial charge is 0.378 e. The number of nitrogens with one attached hydrogen (secondary N) is 1. The van der Waals surface area contributed by atoms with Gasteiger partial charge in [-0.05, 0) is 44.4 Å². The lowest BCUT2D eigenvalue weighted by molar-refractivity contribution is 0.104. The Hall–Kier alpha value is -0.930. The maximum atomic E-state index is 11.9. The van der Waals surface area contributed by atoms with Crippen molar-refractivity contribution in [2.45, 2.75) is 19.9 Å². The van der Waals surface area contributed by atoms with E-state index in [2.05, 4.69) is 5.32 Å². The van der Waals surface area contributed by atoms with Gasteiger partial charge in [0.2, 0.25) is 0 Å². The van der Waals surface area contributed by atoms with Crippen LogP contribution in [0.2, 0.25) is 5.02 Å². The molecule has 0 aliphatic heterocycles. The predicted octanol–water partition coefficient (Wildman–Crippen LogP) is 3.73. The molecule has 2 nitrogen and oxygen atoms in total. The molecule has 1 rings (SSSR count). The quantitative estimate of drug-likeness (QED) is 0.652. The number of carbonyl (C=O) groups is 1. The molecule has 0 atom stereocenters. The lowest BCUT2D eigenvalue weighted by atomic mass is 10.1. The van der Waals surface area contributed by atoms with Crippen LogP contribution in [0.4, 0.5) is 0 Å². The van der Waals surface area contributed by atoms with Gasteiger partial charge in [0.25, 0.3) is 0 Å². The molecule has 17 heavy (non-hydrogen) atoms. The Morgan fingerprint density at radius 1 is 1.35 bits per heavy atom. The number of carbonyl (C=O) groups excluding carboxylic acids is 1. The van der Waals surface area contributed by atoms with E-state index < -0.39 is 0 Å². The molecular formula is C13H16ClNOS. The third-order valence-corrected chi connectivity index (χ3v) is 2.97. The Morgan fingerprint density at radius 3 is 2.41 bits per heavy atom. The number of allylic oxidation sites excluding steroid dienone is 1. The first-order valence-corrected chi connectivity index (χ1v) is 6.95. The van der Waals surface area contributed by atoms with Crippen LogP contribution in [0.15, 0.2) is 35.4 Å². The van der Waals surface area contributed by atoms with Gasteiger partial charge in [-0.25, -0.2) is 0 Å². The lowest BCUT2D eigenvalue weighted by Gasteiger charge is -2.11. The van der Waals surface area contributed by atoms with Gasteiger partial charge in [-0.15, -0.1) is 11.8 Å². The highest BCUT2D eigenvalue weighted by Crippen LogP contribution is 2.14. The molecule has 0 aliphatic rings. The van der Waals surface area contributed by atoms with Crippen molar-refractivity contribution in [1.82, 2.24) is 5.32 Å². The molecule has 0 radical (unpaired) electrons. The molecule has 0 unspecified atom stereocenters. The average Bonchev–Trinajstić information content (AvgIpc) is 2.28. The Kier molecular flexibility index (Phi) is 5.59. The summed E-state index contributed by atoms with van der Waals surface area (Å²) in [6, 6.07) is 7.21. The van der Waals surface area contributed by atoms with E-state index in [4.69, 9.17) is 11.6 Å². The van der Waals surface area contributed by atoms with E-state index in [0.29, 0.717) is 16.6 Å². The van der Waals surface area contributed by atoms with Gasteiger partial charge in [0.1, 0.15) is 0 Å². The molecule has 4 heteroatoms. The van der Waals surface area contributed by atoms with Crippen molar-refractivity contribution in [2.75, 3.05) is 6.26 Å². The first kappa shape index (κ1) is 14.1. The van der Waals surface area contributed by atoms with E-state index in [0.717, 1.165) is 5.03 Å². The Morgan fingerprint density at radius 2 is 1.94 bits per heavy atom. The number of hydrogen-bond donors (Lipinski definition) is 1. The number of halogens is 1. The Balaban J connectivity index is 2.82. The summed E-state index contributed by atoms with van der Waals surface area (Å²) in [7, 11) is 0. The first-order chi connectivity index (χ1) is 8.02. The number of hydrogen-bond acceptors (Lipinski definition) is 3. The first-order valence-electron chi connectivity index (χ1n) is 5.35. The van der Waals surface area contributed by atoms with E-state index >= 15 is 0 Å². The van der Waals surface area contributed by atoms with Gasteiger partial charge in [0, 0.05) is 22.7 Å². The molecule has 92 valence electrons. The molecule has 1 aromatic carbocycles. The van der Waals surface area contributed by atoms with Crippen molar-refractivity contribution in [3.8, 4) is 0 Å². The summed E-state index contributed by atoms with van der Waals surface area (Å²) in [5.74, 6) is -0.0147. The number of thioether (sulfide) groups is 1. The third kappa shape index (κ3) is 4.84. The standard InChI is InChI=1S/C13H16ClNOS/c1-9(2)15-13(17-3)8-12(16)10-4-6-11(14)7-5-10/h4-9,15H,1-3H3/b13-8-. The molecule has 1 aromatic rings. The zero-order valence-corrected chi connectivity index (χ0v) is 11.7. The average molecular weight is 270 g/mol. The van der Waals surface area contributed by atoms with Gasteiger partial charge in [0.15, 0.2) is 5.78 Å². The van der Waals surface area contributed by atoms with Crippen LogP contribution in [-0.2, 0) is 0 Å². The summed E-state index contributed by atoms with van der Waals surface area (Å²) in [5.41, 5.74) is 0.645. The van der Waals surface area contributed by atoms with Gasteiger partial charge >= 0.3 is 0 Å². The molecule has 0 heterocycles. The van der Waals surface area contributed by atoms with Crippen LogP contribution in [0, 0.1) is 0 Å². The maximum Gasteiger partial charge on any atom is 0.188 e. The van der Waals surface area contributed by atoms with Gasteiger partial charge in [-0.3, -0.25) is 4.79 Å². The molecule has 0 bridgehead atoms. The highest BCUT2D eigenvalue weighted by molar-refractivity contribution is 8.02. The maximum absolute atomic E-state index is 11.9. The van der Waals surface area contributed by atoms with Gasteiger partial charge < -0.3 is 5.32 Å². The second-order valence-electron chi connectivity index (χ2n) is 3.88. The van der Waals surface area contributed by atoms with Crippen molar-refractivity contribution >= 4 is 29.1 Å². The fraction of sp³-hybridized carbons (Fsp3) is 0.308. The molecule has 0 fully saturated rings. The topological polar surface area (TPSA) is 29.1 Å². The second-order valence-corrected chi connectivity index (χ2v) is 5.17. The molecule has 0 saturated carbocycles. The molecule has 0 aliphatic carbocycles. The predicted molar refractivity (Wildman–Crippen MR) is 75.7 cm³/mol. The second kappa shape index (κ2) is 6.72. The molecule has 0 aromatic heterocycles. The van der Waals surface area contributed by atoms with Crippen LogP contribution < -0.4 is 5.32 Å². The van der Waals surface area contributed by atoms with Crippen LogP contribution in [0.5, 0.6) is 0 Å². The molecule has 0 spiro atoms. The summed E-state index contributed by atoms with van der Waals surface area (Å²) in [6.07, 6.45) is 3.56. The fourth-order valence-corrected chi connectivity index (χ4v) is 1.97. The minimum Gasteiger partial charge on any atom is -0.378 e. The number of rotatable bonds is 5. The normalized spacial score (nSPS) is 11.7. The molecule has 0 saturated heterocycles. The summed E-state index contributed by atoms with van der Waals surface area (Å²) in [5, 5.41) is 4.73. The van der Waals surface area contributed by atoms with Gasteiger partial charge in [-0.2, -0.15) is 0 Å². The van der Waals surface area contributed by atoms with Gasteiger partial charge in [0.05, 0.1) is 5.03 Å². The van der Waals surface area contributed by atoms with Crippen molar-refractivity contribution < 1.29 is 4.79 Å². The van der Waals surface area contributed by atoms with Crippen molar-refractivity contribution in [2.24, 2.45) is 0 Å². The SMILES string of the molecule is CS/C(=C\C(=O)c1ccc(Cl)cc1)NC(C)C. The Labute approximate surface area is 111 Å². The Bertz CT molecular complexity index is 412. The van der Waals surface area contributed by atoms with Crippen LogP contribution in [0.25, 0.3) is 0 Å². The minimum atomic E-state index is -0.0147. The summed E-state index contributed by atoms with van der Waals surface area (Å²) < 4.78 is 0. The number of benzene rings is 1. The molecule has 1 N–H and O–H groups in total. The summed E-state index contributed by atoms with van der Waals surface area (Å²) in [4.78, 5) is 11.9. The number of ketones is 1. The van der Waals surface area contributed by atoms with Crippen LogP contribution in [0.1, 0.15) is 24.2 Å². The van der Waals surface area contributed by atoms with E-state index in [1.165, 1.54) is 11.8 Å². The molecular weight excluding hydrogens is 254 g/mol. The van der Waals surface area contributed by atoms with Crippen LogP contribution in [0.3, 0.4) is 0 Å². The zero-order valence-electron chi connectivity index (χ0n) is 10.2. The minimum absolute atomic E-state index is 0.0147. The van der Waals surface area contributed by atoms with Crippen LogP contribution >= 0.6 is 23.4 Å². The molecule has 0 amide bonds. The van der Waals surface area contributed by atoms with E-state index in [9.17, 15) is 4.79 Å². The van der Waals surface area contributed by atoms with Crippen LogP contribution in [-0.4, -0.2) is 18.1 Å². The van der Waals surface area contributed by atoms with E-state index in [-0.39, 0.29) is 5.78 Å². The highest BCUT2D eigenvalue weighted by Gasteiger charge is 2.05. The summed E-state index contributed by atoms with van der Waals surface area (Å²) in [6.45, 7) is 4.08. The highest BCUT2D eigenvalue weighted by atomic mass is 35.5. The monoisotopic (exact) mass is 269 g/mol. The zero-order chi connectivity index (χ0) is 12.8.